The Hall–Kier alpha value is -1.56. The summed E-state index contributed by atoms with van der Waals surface area (Å²) in [6, 6.07) is 3.01. The zero-order chi connectivity index (χ0) is 11.9. The molecule has 84 valence electrons. The zero-order valence-corrected chi connectivity index (χ0v) is 8.47. The van der Waals surface area contributed by atoms with Crippen molar-refractivity contribution in [3.8, 4) is 0 Å². The van der Waals surface area contributed by atoms with Crippen molar-refractivity contribution in [3.63, 3.8) is 0 Å². The predicted octanol–water partition coefficient (Wildman–Crippen LogP) is 2.88. The monoisotopic (exact) mass is 247 g/mol. The molecule has 0 bridgehead atoms. The highest BCUT2D eigenvalue weighted by Gasteiger charge is 2.30. The highest BCUT2D eigenvalue weighted by Crippen LogP contribution is 2.31. The Morgan fingerprint density at radius 3 is 2.44 bits per heavy atom. The van der Waals surface area contributed by atoms with Crippen LogP contribution in [0.4, 0.5) is 19.0 Å². The van der Waals surface area contributed by atoms with Gasteiger partial charge >= 0.3 is 6.18 Å². The molecule has 0 aliphatic heterocycles. The van der Waals surface area contributed by atoms with Crippen LogP contribution in [-0.4, -0.2) is 9.97 Å². The first-order valence-corrected chi connectivity index (χ1v) is 4.56. The Morgan fingerprint density at radius 1 is 1.12 bits per heavy atom. The number of halogens is 4. The third-order valence-electron chi connectivity index (χ3n) is 1.97. The van der Waals surface area contributed by atoms with Crippen LogP contribution in [0.2, 0.25) is 5.15 Å². The average molecular weight is 248 g/mol. The lowest BCUT2D eigenvalue weighted by atomic mass is 10.2. The lowest BCUT2D eigenvalue weighted by Crippen LogP contribution is -2.05. The third kappa shape index (κ3) is 1.88. The Bertz CT molecular complexity index is 553. The Kier molecular flexibility index (Phi) is 2.38. The first-order valence-electron chi connectivity index (χ1n) is 4.18. The summed E-state index contributed by atoms with van der Waals surface area (Å²) in [6.45, 7) is 0. The maximum Gasteiger partial charge on any atom is 0.416 e. The largest absolute Gasteiger partial charge is 0.416 e. The number of alkyl halides is 3. The van der Waals surface area contributed by atoms with Crippen LogP contribution in [-0.2, 0) is 6.18 Å². The van der Waals surface area contributed by atoms with Crippen molar-refractivity contribution >= 4 is 28.5 Å². The average Bonchev–Trinajstić information content (AvgIpc) is 2.17. The van der Waals surface area contributed by atoms with E-state index in [4.69, 9.17) is 17.3 Å². The van der Waals surface area contributed by atoms with E-state index in [0.29, 0.717) is 0 Å². The van der Waals surface area contributed by atoms with Gasteiger partial charge in [-0.3, -0.25) is 0 Å². The standard InChI is InChI=1S/C9H5ClF3N3/c10-7-8(14)16-5-2-1-4(9(11,12)13)3-6(5)15-7/h1-3H,(H2,14,16). The fourth-order valence-electron chi connectivity index (χ4n) is 1.22. The molecule has 0 radical (unpaired) electrons. The van der Waals surface area contributed by atoms with Gasteiger partial charge in [0.1, 0.15) is 0 Å². The SMILES string of the molecule is Nc1nc2ccc(C(F)(F)F)cc2nc1Cl. The maximum absolute atomic E-state index is 12.4. The van der Waals surface area contributed by atoms with E-state index in [0.717, 1.165) is 12.1 Å². The van der Waals surface area contributed by atoms with Crippen LogP contribution < -0.4 is 5.73 Å². The second kappa shape index (κ2) is 3.48. The van der Waals surface area contributed by atoms with Crippen molar-refractivity contribution < 1.29 is 13.2 Å². The molecule has 3 nitrogen and oxygen atoms in total. The van der Waals surface area contributed by atoms with E-state index < -0.39 is 11.7 Å². The number of fused-ring (bicyclic) bond motifs is 1. The fraction of sp³-hybridized carbons (Fsp3) is 0.111. The van der Waals surface area contributed by atoms with Gasteiger partial charge < -0.3 is 5.73 Å². The highest BCUT2D eigenvalue weighted by atomic mass is 35.5. The molecule has 0 atom stereocenters. The van der Waals surface area contributed by atoms with Crippen molar-refractivity contribution in [3.05, 3.63) is 28.9 Å². The van der Waals surface area contributed by atoms with Gasteiger partial charge in [0.15, 0.2) is 11.0 Å². The summed E-state index contributed by atoms with van der Waals surface area (Å²) in [5, 5.41) is -0.105. The minimum Gasteiger partial charge on any atom is -0.381 e. The summed E-state index contributed by atoms with van der Waals surface area (Å²) in [5.74, 6) is -0.00562. The van der Waals surface area contributed by atoms with Gasteiger partial charge in [0, 0.05) is 0 Å². The number of anilines is 1. The van der Waals surface area contributed by atoms with Gasteiger partial charge in [-0.2, -0.15) is 13.2 Å². The molecule has 1 aromatic heterocycles. The van der Waals surface area contributed by atoms with Crippen molar-refractivity contribution in [2.75, 3.05) is 5.73 Å². The Morgan fingerprint density at radius 2 is 1.81 bits per heavy atom. The number of hydrogen-bond donors (Lipinski definition) is 1. The van der Waals surface area contributed by atoms with Gasteiger partial charge in [-0.1, -0.05) is 11.6 Å². The van der Waals surface area contributed by atoms with E-state index in [1.807, 2.05) is 0 Å². The molecule has 0 aliphatic rings. The van der Waals surface area contributed by atoms with Crippen molar-refractivity contribution in [2.24, 2.45) is 0 Å². The third-order valence-corrected chi connectivity index (χ3v) is 2.25. The van der Waals surface area contributed by atoms with E-state index in [2.05, 4.69) is 9.97 Å². The summed E-state index contributed by atoms with van der Waals surface area (Å²) < 4.78 is 37.2. The Balaban J connectivity index is 2.67. The van der Waals surface area contributed by atoms with Crippen LogP contribution in [0.5, 0.6) is 0 Å². The summed E-state index contributed by atoms with van der Waals surface area (Å²) in [6.07, 6.45) is -4.41. The van der Waals surface area contributed by atoms with Gasteiger partial charge in [-0.05, 0) is 18.2 Å². The molecule has 0 spiro atoms. The highest BCUT2D eigenvalue weighted by molar-refractivity contribution is 6.31. The normalized spacial score (nSPS) is 12.0. The molecule has 2 N–H and O–H groups in total. The van der Waals surface area contributed by atoms with Crippen LogP contribution in [0.15, 0.2) is 18.2 Å². The van der Waals surface area contributed by atoms with Gasteiger partial charge in [-0.25, -0.2) is 9.97 Å². The lowest BCUT2D eigenvalue weighted by Gasteiger charge is -2.07. The number of aromatic nitrogens is 2. The minimum absolute atomic E-state index is 0.00562. The van der Waals surface area contributed by atoms with E-state index in [1.165, 1.54) is 6.07 Å². The minimum atomic E-state index is -4.41. The molecule has 0 saturated carbocycles. The summed E-state index contributed by atoms with van der Waals surface area (Å²) in [7, 11) is 0. The first-order chi connectivity index (χ1) is 7.38. The van der Waals surface area contributed by atoms with Gasteiger partial charge in [0.05, 0.1) is 16.6 Å². The topological polar surface area (TPSA) is 51.8 Å². The quantitative estimate of drug-likeness (QED) is 0.779. The van der Waals surface area contributed by atoms with E-state index in [1.54, 1.807) is 0 Å². The summed E-state index contributed by atoms with van der Waals surface area (Å²) in [4.78, 5) is 7.54. The number of nitrogens with zero attached hydrogens (tertiary/aromatic N) is 2. The second-order valence-corrected chi connectivity index (χ2v) is 3.46. The molecule has 16 heavy (non-hydrogen) atoms. The molecule has 7 heteroatoms. The molecular formula is C9H5ClF3N3. The molecule has 0 saturated heterocycles. The van der Waals surface area contributed by atoms with Crippen LogP contribution in [0, 0.1) is 0 Å². The van der Waals surface area contributed by atoms with Gasteiger partial charge in [-0.15, -0.1) is 0 Å². The number of hydrogen-bond acceptors (Lipinski definition) is 3. The molecule has 2 aromatic rings. The zero-order valence-electron chi connectivity index (χ0n) is 7.72. The van der Waals surface area contributed by atoms with E-state index in [-0.39, 0.29) is 22.0 Å². The van der Waals surface area contributed by atoms with Gasteiger partial charge in [0.25, 0.3) is 0 Å². The predicted molar refractivity (Wildman–Crippen MR) is 54.0 cm³/mol. The van der Waals surface area contributed by atoms with Crippen LogP contribution in [0.3, 0.4) is 0 Å². The molecular weight excluding hydrogens is 243 g/mol. The molecule has 1 aromatic carbocycles. The molecule has 0 aliphatic carbocycles. The van der Waals surface area contributed by atoms with Crippen LogP contribution >= 0.6 is 11.6 Å². The number of rotatable bonds is 0. The van der Waals surface area contributed by atoms with Gasteiger partial charge in [0.2, 0.25) is 0 Å². The molecule has 0 fully saturated rings. The van der Waals surface area contributed by atoms with Crippen molar-refractivity contribution in [1.82, 2.24) is 9.97 Å². The number of benzene rings is 1. The lowest BCUT2D eigenvalue weighted by molar-refractivity contribution is -0.137. The van der Waals surface area contributed by atoms with Crippen molar-refractivity contribution in [1.29, 1.82) is 0 Å². The fourth-order valence-corrected chi connectivity index (χ4v) is 1.36. The Labute approximate surface area is 93.1 Å². The number of nitrogens with two attached hydrogens (primary N) is 1. The van der Waals surface area contributed by atoms with Crippen LogP contribution in [0.1, 0.15) is 5.56 Å². The smallest absolute Gasteiger partial charge is 0.381 e. The second-order valence-electron chi connectivity index (χ2n) is 3.10. The molecule has 2 rings (SSSR count). The maximum atomic E-state index is 12.4. The molecule has 1 heterocycles. The number of nitrogen functional groups attached to an aromatic ring is 1. The van der Waals surface area contributed by atoms with Crippen LogP contribution in [0.25, 0.3) is 11.0 Å². The van der Waals surface area contributed by atoms with Crippen molar-refractivity contribution in [2.45, 2.75) is 6.18 Å². The molecule has 0 amide bonds. The summed E-state index contributed by atoms with van der Waals surface area (Å²) >= 11 is 5.57. The van der Waals surface area contributed by atoms with E-state index in [9.17, 15) is 13.2 Å². The summed E-state index contributed by atoms with van der Waals surface area (Å²) in [5.41, 5.74) is 4.92. The molecule has 0 unspecified atom stereocenters. The van der Waals surface area contributed by atoms with E-state index >= 15 is 0 Å². The first kappa shape index (κ1) is 10.9.